The van der Waals surface area contributed by atoms with Gasteiger partial charge in [0.05, 0.1) is 0 Å². The lowest BCUT2D eigenvalue weighted by Gasteiger charge is -2.08. The Hall–Kier alpha value is -1.07. The number of aromatic nitrogens is 2. The van der Waals surface area contributed by atoms with E-state index in [1.807, 2.05) is 31.3 Å². The number of nitrogens with zero attached hydrogens (tertiary/aromatic N) is 2. The molecule has 0 bridgehead atoms. The number of benzene rings is 1. The van der Waals surface area contributed by atoms with Crippen molar-refractivity contribution in [3.63, 3.8) is 0 Å². The molecule has 0 saturated carbocycles. The van der Waals surface area contributed by atoms with Crippen LogP contribution in [0, 0.1) is 6.92 Å². The van der Waals surface area contributed by atoms with Gasteiger partial charge in [-0.25, -0.2) is 9.97 Å². The van der Waals surface area contributed by atoms with E-state index in [0.29, 0.717) is 5.95 Å². The molecule has 0 spiro atoms. The van der Waals surface area contributed by atoms with Crippen molar-refractivity contribution in [2.24, 2.45) is 0 Å². The second-order valence-electron chi connectivity index (χ2n) is 4.14. The molecule has 0 saturated heterocycles. The van der Waals surface area contributed by atoms with E-state index >= 15 is 0 Å². The van der Waals surface area contributed by atoms with Crippen LogP contribution in [0.5, 0.6) is 0 Å². The first kappa shape index (κ1) is 14.3. The lowest BCUT2D eigenvalue weighted by Crippen LogP contribution is -2.05. The number of hydrogen-bond donors (Lipinski definition) is 1. The van der Waals surface area contributed by atoms with Crippen molar-refractivity contribution < 1.29 is 0 Å². The van der Waals surface area contributed by atoms with E-state index in [2.05, 4.69) is 44.2 Å². The van der Waals surface area contributed by atoms with E-state index in [1.165, 1.54) is 0 Å². The van der Waals surface area contributed by atoms with Crippen LogP contribution >= 0.6 is 27.7 Å². The first-order valence-electron chi connectivity index (χ1n) is 6.20. The van der Waals surface area contributed by atoms with Crippen molar-refractivity contribution in [3.8, 4) is 0 Å². The van der Waals surface area contributed by atoms with Gasteiger partial charge in [-0.1, -0.05) is 30.8 Å². The molecule has 0 aliphatic heterocycles. The Morgan fingerprint density at radius 1 is 1.32 bits per heavy atom. The Balaban J connectivity index is 2.21. The van der Waals surface area contributed by atoms with Crippen LogP contribution in [-0.4, -0.2) is 16.5 Å². The van der Waals surface area contributed by atoms with E-state index in [9.17, 15) is 0 Å². The van der Waals surface area contributed by atoms with Gasteiger partial charge in [0, 0.05) is 27.7 Å². The van der Waals surface area contributed by atoms with Gasteiger partial charge in [0.15, 0.2) is 0 Å². The molecule has 5 heteroatoms. The van der Waals surface area contributed by atoms with E-state index in [1.54, 1.807) is 11.8 Å². The maximum absolute atomic E-state index is 4.57. The van der Waals surface area contributed by atoms with E-state index in [0.717, 1.165) is 32.9 Å². The molecular formula is C14H16BrN3S. The molecule has 0 aliphatic rings. The Bertz CT molecular complexity index is 560. The molecule has 100 valence electrons. The Morgan fingerprint density at radius 3 is 2.84 bits per heavy atom. The predicted octanol–water partition coefficient (Wildman–Crippen LogP) is 4.52. The van der Waals surface area contributed by atoms with Crippen molar-refractivity contribution in [2.45, 2.75) is 30.2 Å². The van der Waals surface area contributed by atoms with Crippen molar-refractivity contribution in [2.75, 3.05) is 11.9 Å². The summed E-state index contributed by atoms with van der Waals surface area (Å²) in [6.07, 6.45) is 2.92. The average molecular weight is 338 g/mol. The second kappa shape index (κ2) is 6.91. The summed E-state index contributed by atoms with van der Waals surface area (Å²) in [5, 5.41) is 4.20. The Kier molecular flexibility index (Phi) is 5.22. The predicted molar refractivity (Wildman–Crippen MR) is 83.8 cm³/mol. The Morgan fingerprint density at radius 2 is 2.11 bits per heavy atom. The summed E-state index contributed by atoms with van der Waals surface area (Å²) < 4.78 is 1.08. The highest BCUT2D eigenvalue weighted by molar-refractivity contribution is 9.10. The van der Waals surface area contributed by atoms with Gasteiger partial charge in [0.25, 0.3) is 0 Å². The van der Waals surface area contributed by atoms with Crippen LogP contribution in [0.15, 0.2) is 44.9 Å². The summed E-state index contributed by atoms with van der Waals surface area (Å²) in [4.78, 5) is 10.0. The van der Waals surface area contributed by atoms with Gasteiger partial charge in [-0.2, -0.15) is 0 Å². The molecule has 0 amide bonds. The number of nitrogens with one attached hydrogen (secondary N) is 1. The number of anilines is 1. The van der Waals surface area contributed by atoms with Crippen LogP contribution < -0.4 is 5.32 Å². The van der Waals surface area contributed by atoms with Crippen LogP contribution in [0.3, 0.4) is 0 Å². The standard InChI is InChI=1S/C14H16BrN3S/c1-3-8-16-14-17-9-10(2)13(18-14)19-12-7-5-4-6-11(12)15/h4-7,9H,3,8H2,1-2H3,(H,16,17,18). The molecule has 0 aliphatic carbocycles. The monoisotopic (exact) mass is 337 g/mol. The first-order valence-corrected chi connectivity index (χ1v) is 7.81. The fourth-order valence-electron chi connectivity index (χ4n) is 1.48. The zero-order valence-electron chi connectivity index (χ0n) is 11.0. The molecule has 0 radical (unpaired) electrons. The van der Waals surface area contributed by atoms with Crippen LogP contribution in [0.1, 0.15) is 18.9 Å². The first-order chi connectivity index (χ1) is 9.20. The van der Waals surface area contributed by atoms with Crippen LogP contribution in [0.25, 0.3) is 0 Å². The molecule has 2 aromatic rings. The quantitative estimate of drug-likeness (QED) is 0.814. The third-order valence-corrected chi connectivity index (χ3v) is 4.64. The average Bonchev–Trinajstić information content (AvgIpc) is 2.42. The van der Waals surface area contributed by atoms with Gasteiger partial charge >= 0.3 is 0 Å². The maximum Gasteiger partial charge on any atom is 0.223 e. The van der Waals surface area contributed by atoms with E-state index in [-0.39, 0.29) is 0 Å². The number of rotatable bonds is 5. The second-order valence-corrected chi connectivity index (χ2v) is 6.03. The summed E-state index contributed by atoms with van der Waals surface area (Å²) in [6, 6.07) is 8.15. The molecule has 1 heterocycles. The summed E-state index contributed by atoms with van der Waals surface area (Å²) in [5.41, 5.74) is 1.09. The van der Waals surface area contributed by atoms with Gasteiger partial charge in [-0.3, -0.25) is 0 Å². The zero-order chi connectivity index (χ0) is 13.7. The minimum Gasteiger partial charge on any atom is -0.354 e. The molecule has 0 atom stereocenters. The topological polar surface area (TPSA) is 37.8 Å². The molecule has 1 aromatic carbocycles. The highest BCUT2D eigenvalue weighted by atomic mass is 79.9. The summed E-state index contributed by atoms with van der Waals surface area (Å²) in [5.74, 6) is 0.696. The lowest BCUT2D eigenvalue weighted by molar-refractivity contribution is 0.925. The number of halogens is 1. The summed E-state index contributed by atoms with van der Waals surface area (Å²) >= 11 is 5.21. The molecule has 1 N–H and O–H groups in total. The molecule has 0 fully saturated rings. The molecule has 2 rings (SSSR count). The smallest absolute Gasteiger partial charge is 0.223 e. The fraction of sp³-hybridized carbons (Fsp3) is 0.286. The molecule has 3 nitrogen and oxygen atoms in total. The third-order valence-electron chi connectivity index (χ3n) is 2.50. The normalized spacial score (nSPS) is 10.5. The SMILES string of the molecule is CCCNc1ncc(C)c(Sc2ccccc2Br)n1. The van der Waals surface area contributed by atoms with Gasteiger partial charge in [-0.05, 0) is 41.4 Å². The number of aryl methyl sites for hydroxylation is 1. The van der Waals surface area contributed by atoms with Crippen LogP contribution in [0.4, 0.5) is 5.95 Å². The third kappa shape index (κ3) is 3.94. The van der Waals surface area contributed by atoms with Gasteiger partial charge in [0.1, 0.15) is 5.03 Å². The van der Waals surface area contributed by atoms with E-state index in [4.69, 9.17) is 0 Å². The van der Waals surface area contributed by atoms with E-state index < -0.39 is 0 Å². The molecule has 1 aromatic heterocycles. The van der Waals surface area contributed by atoms with Crippen molar-refractivity contribution in [1.29, 1.82) is 0 Å². The highest BCUT2D eigenvalue weighted by Crippen LogP contribution is 2.33. The molecule has 19 heavy (non-hydrogen) atoms. The minimum absolute atomic E-state index is 0.696. The number of hydrogen-bond acceptors (Lipinski definition) is 4. The minimum atomic E-state index is 0.696. The summed E-state index contributed by atoms with van der Waals surface area (Å²) in [7, 11) is 0. The van der Waals surface area contributed by atoms with Gasteiger partial charge in [-0.15, -0.1) is 0 Å². The van der Waals surface area contributed by atoms with Crippen molar-refractivity contribution >= 4 is 33.6 Å². The Labute approximate surface area is 126 Å². The van der Waals surface area contributed by atoms with Gasteiger partial charge in [0.2, 0.25) is 5.95 Å². The largest absolute Gasteiger partial charge is 0.354 e. The molecule has 0 unspecified atom stereocenters. The maximum atomic E-state index is 4.57. The van der Waals surface area contributed by atoms with Crippen molar-refractivity contribution in [1.82, 2.24) is 9.97 Å². The summed E-state index contributed by atoms with van der Waals surface area (Å²) in [6.45, 7) is 5.04. The zero-order valence-corrected chi connectivity index (χ0v) is 13.4. The lowest BCUT2D eigenvalue weighted by atomic mass is 10.4. The van der Waals surface area contributed by atoms with Crippen LogP contribution in [0.2, 0.25) is 0 Å². The van der Waals surface area contributed by atoms with Crippen LogP contribution in [-0.2, 0) is 0 Å². The van der Waals surface area contributed by atoms with Gasteiger partial charge < -0.3 is 5.32 Å². The fourth-order valence-corrected chi connectivity index (χ4v) is 2.88. The van der Waals surface area contributed by atoms with Crippen molar-refractivity contribution in [3.05, 3.63) is 40.5 Å². The molecular weight excluding hydrogens is 322 g/mol. The highest BCUT2D eigenvalue weighted by Gasteiger charge is 2.07.